The molecule has 0 aliphatic rings. The summed E-state index contributed by atoms with van der Waals surface area (Å²) in [7, 11) is 0. The Hall–Kier alpha value is -2.69. The van der Waals surface area contributed by atoms with E-state index in [0.29, 0.717) is 0 Å². The van der Waals surface area contributed by atoms with E-state index < -0.39 is 23.0 Å². The molecule has 0 bridgehead atoms. The maximum Gasteiger partial charge on any atom is 0.351 e. The van der Waals surface area contributed by atoms with Gasteiger partial charge in [0.05, 0.1) is 0 Å². The Labute approximate surface area is 103 Å². The minimum atomic E-state index is -0.906. The van der Waals surface area contributed by atoms with E-state index in [1.807, 2.05) is 0 Å². The highest BCUT2D eigenvalue weighted by atomic mass is 16.5. The third-order valence-electron chi connectivity index (χ3n) is 2.24. The van der Waals surface area contributed by atoms with Crippen molar-refractivity contribution in [3.63, 3.8) is 0 Å². The minimum Gasteiger partial charge on any atom is -0.508 e. The Kier molecular flexibility index (Phi) is 3.05. The number of phenolic OH excluding ortho intramolecular Hbond substituents is 3. The van der Waals surface area contributed by atoms with E-state index >= 15 is 0 Å². The maximum absolute atomic E-state index is 11.7. The molecule has 2 rings (SSSR count). The van der Waals surface area contributed by atoms with E-state index in [-0.39, 0.29) is 11.5 Å². The Morgan fingerprint density at radius 3 is 2.06 bits per heavy atom. The van der Waals surface area contributed by atoms with Crippen molar-refractivity contribution in [1.82, 2.24) is 0 Å². The van der Waals surface area contributed by atoms with Crippen LogP contribution in [0.5, 0.6) is 23.0 Å². The van der Waals surface area contributed by atoms with Gasteiger partial charge in [0, 0.05) is 12.1 Å². The summed E-state index contributed by atoms with van der Waals surface area (Å²) >= 11 is 0. The van der Waals surface area contributed by atoms with Crippen molar-refractivity contribution in [2.24, 2.45) is 0 Å². The lowest BCUT2D eigenvalue weighted by molar-refractivity contribution is 0.0728. The fourth-order valence-corrected chi connectivity index (χ4v) is 1.45. The van der Waals surface area contributed by atoms with Crippen molar-refractivity contribution in [2.45, 2.75) is 0 Å². The maximum atomic E-state index is 11.7. The number of carbonyl (C=O) groups is 1. The standard InChI is InChI=1S/C13H10O5/c14-8-6-10(15)12(11(16)7-8)13(17)18-9-4-2-1-3-5-9/h1-7,14-16H. The van der Waals surface area contributed by atoms with Crippen LogP contribution in [0.4, 0.5) is 0 Å². The summed E-state index contributed by atoms with van der Waals surface area (Å²) in [6.45, 7) is 0. The first kappa shape index (κ1) is 11.8. The molecule has 0 amide bonds. The van der Waals surface area contributed by atoms with Gasteiger partial charge in [0.1, 0.15) is 28.6 Å². The van der Waals surface area contributed by atoms with E-state index in [9.17, 15) is 15.0 Å². The third kappa shape index (κ3) is 2.35. The Morgan fingerprint density at radius 2 is 1.50 bits per heavy atom. The second-order valence-electron chi connectivity index (χ2n) is 3.56. The van der Waals surface area contributed by atoms with E-state index in [1.54, 1.807) is 30.3 Å². The van der Waals surface area contributed by atoms with Crippen LogP contribution in [0.1, 0.15) is 10.4 Å². The number of carbonyl (C=O) groups excluding carboxylic acids is 1. The van der Waals surface area contributed by atoms with Crippen LogP contribution < -0.4 is 4.74 Å². The number of hydrogen-bond donors (Lipinski definition) is 3. The molecule has 92 valence electrons. The van der Waals surface area contributed by atoms with Gasteiger partial charge >= 0.3 is 5.97 Å². The van der Waals surface area contributed by atoms with Crippen LogP contribution in [0, 0.1) is 0 Å². The molecular formula is C13H10O5. The average molecular weight is 246 g/mol. The molecule has 5 nitrogen and oxygen atoms in total. The first-order chi connectivity index (χ1) is 8.58. The summed E-state index contributed by atoms with van der Waals surface area (Å²) in [4.78, 5) is 11.7. The zero-order valence-corrected chi connectivity index (χ0v) is 9.20. The summed E-state index contributed by atoms with van der Waals surface area (Å²) < 4.78 is 4.96. The van der Waals surface area contributed by atoms with Gasteiger partial charge in [-0.1, -0.05) is 18.2 Å². The molecule has 0 saturated heterocycles. The second kappa shape index (κ2) is 4.67. The molecule has 2 aromatic rings. The Morgan fingerprint density at radius 1 is 0.944 bits per heavy atom. The highest BCUT2D eigenvalue weighted by Gasteiger charge is 2.19. The Balaban J connectivity index is 2.30. The second-order valence-corrected chi connectivity index (χ2v) is 3.56. The lowest BCUT2D eigenvalue weighted by Gasteiger charge is -2.08. The smallest absolute Gasteiger partial charge is 0.351 e. The zero-order valence-electron chi connectivity index (χ0n) is 9.20. The summed E-state index contributed by atoms with van der Waals surface area (Å²) in [6.07, 6.45) is 0. The van der Waals surface area contributed by atoms with Crippen LogP contribution in [0.3, 0.4) is 0 Å². The molecule has 0 atom stereocenters. The number of rotatable bonds is 2. The van der Waals surface area contributed by atoms with Crippen LogP contribution in [-0.4, -0.2) is 21.3 Å². The molecule has 3 N–H and O–H groups in total. The molecule has 0 aromatic heterocycles. The van der Waals surface area contributed by atoms with Crippen LogP contribution in [0.15, 0.2) is 42.5 Å². The van der Waals surface area contributed by atoms with Gasteiger partial charge in [-0.3, -0.25) is 0 Å². The van der Waals surface area contributed by atoms with Crippen LogP contribution in [-0.2, 0) is 0 Å². The van der Waals surface area contributed by atoms with E-state index in [4.69, 9.17) is 9.84 Å². The molecule has 18 heavy (non-hydrogen) atoms. The number of phenols is 3. The number of hydrogen-bond acceptors (Lipinski definition) is 5. The predicted octanol–water partition coefficient (Wildman–Crippen LogP) is 2.02. The number of para-hydroxylation sites is 1. The quantitative estimate of drug-likeness (QED) is 0.557. The third-order valence-corrected chi connectivity index (χ3v) is 2.24. The van der Waals surface area contributed by atoms with Crippen molar-refractivity contribution in [3.05, 3.63) is 48.0 Å². The number of benzene rings is 2. The molecule has 0 fully saturated rings. The molecule has 2 aromatic carbocycles. The number of ether oxygens (including phenoxy) is 1. The van der Waals surface area contributed by atoms with Gasteiger partial charge in [-0.15, -0.1) is 0 Å². The first-order valence-electron chi connectivity index (χ1n) is 5.10. The summed E-state index contributed by atoms with van der Waals surface area (Å²) in [5.74, 6) is -2.06. The summed E-state index contributed by atoms with van der Waals surface area (Å²) in [5.41, 5.74) is -0.392. The van der Waals surface area contributed by atoms with Gasteiger partial charge < -0.3 is 20.1 Å². The highest BCUT2D eigenvalue weighted by Crippen LogP contribution is 2.32. The van der Waals surface area contributed by atoms with E-state index in [2.05, 4.69) is 0 Å². The molecule has 0 heterocycles. The van der Waals surface area contributed by atoms with Crippen LogP contribution in [0.2, 0.25) is 0 Å². The van der Waals surface area contributed by atoms with Gasteiger partial charge in [0.25, 0.3) is 0 Å². The van der Waals surface area contributed by atoms with Crippen LogP contribution >= 0.6 is 0 Å². The van der Waals surface area contributed by atoms with Gasteiger partial charge in [-0.25, -0.2) is 4.79 Å². The van der Waals surface area contributed by atoms with Crippen molar-refractivity contribution in [2.75, 3.05) is 0 Å². The van der Waals surface area contributed by atoms with Gasteiger partial charge in [-0.2, -0.15) is 0 Å². The van der Waals surface area contributed by atoms with Crippen molar-refractivity contribution in [3.8, 4) is 23.0 Å². The normalized spacial score (nSPS) is 10.0. The topological polar surface area (TPSA) is 87.0 Å². The molecule has 0 aliphatic carbocycles. The van der Waals surface area contributed by atoms with E-state index in [1.165, 1.54) is 0 Å². The van der Waals surface area contributed by atoms with Crippen molar-refractivity contribution in [1.29, 1.82) is 0 Å². The summed E-state index contributed by atoms with van der Waals surface area (Å²) in [6, 6.07) is 10.1. The highest BCUT2D eigenvalue weighted by molar-refractivity contribution is 5.97. The van der Waals surface area contributed by atoms with Crippen LogP contribution in [0.25, 0.3) is 0 Å². The fourth-order valence-electron chi connectivity index (χ4n) is 1.45. The van der Waals surface area contributed by atoms with Gasteiger partial charge in [0.15, 0.2) is 0 Å². The lowest BCUT2D eigenvalue weighted by atomic mass is 10.1. The first-order valence-corrected chi connectivity index (χ1v) is 5.10. The Bertz CT molecular complexity index is 554. The fraction of sp³-hybridized carbons (Fsp3) is 0. The predicted molar refractivity (Wildman–Crippen MR) is 62.8 cm³/mol. The van der Waals surface area contributed by atoms with Gasteiger partial charge in [0.2, 0.25) is 0 Å². The molecule has 5 heteroatoms. The average Bonchev–Trinajstić information content (AvgIpc) is 2.28. The van der Waals surface area contributed by atoms with Crippen molar-refractivity contribution < 1.29 is 24.9 Å². The van der Waals surface area contributed by atoms with Crippen molar-refractivity contribution >= 4 is 5.97 Å². The minimum absolute atomic E-state index is 0.286. The molecule has 0 aliphatic heterocycles. The SMILES string of the molecule is O=C(Oc1ccccc1)c1c(O)cc(O)cc1O. The summed E-state index contributed by atoms with van der Waals surface area (Å²) in [5, 5.41) is 28.1. The zero-order chi connectivity index (χ0) is 13.1. The molecular weight excluding hydrogens is 236 g/mol. The molecule has 0 spiro atoms. The molecule has 0 radical (unpaired) electrons. The van der Waals surface area contributed by atoms with E-state index in [0.717, 1.165) is 12.1 Å². The number of aromatic hydroxyl groups is 3. The number of esters is 1. The monoisotopic (exact) mass is 246 g/mol. The largest absolute Gasteiger partial charge is 0.508 e. The molecule has 0 saturated carbocycles. The van der Waals surface area contributed by atoms with Gasteiger partial charge in [-0.05, 0) is 12.1 Å². The lowest BCUT2D eigenvalue weighted by Crippen LogP contribution is -2.09. The molecule has 0 unspecified atom stereocenters.